The quantitative estimate of drug-likeness (QED) is 0.885. The molecule has 2 aromatic rings. The van der Waals surface area contributed by atoms with E-state index in [9.17, 15) is 0 Å². The molecule has 0 aliphatic heterocycles. The zero-order valence-corrected chi connectivity index (χ0v) is 11.0. The highest BCUT2D eigenvalue weighted by atomic mass is 79.9. The van der Waals surface area contributed by atoms with Crippen LogP contribution in [-0.4, -0.2) is 4.98 Å². The standard InChI is InChI=1S/C12H12BrClN2/c13-11-2-1-10(12(14)5-11)8-16-7-9-3-4-15-6-9/h1-6,15-16H,7-8H2. The number of hydrogen-bond donors (Lipinski definition) is 2. The SMILES string of the molecule is Clc1cc(Br)ccc1CNCc1cc[nH]c1. The highest BCUT2D eigenvalue weighted by Crippen LogP contribution is 2.21. The minimum Gasteiger partial charge on any atom is -0.367 e. The molecule has 0 radical (unpaired) electrons. The van der Waals surface area contributed by atoms with E-state index in [1.54, 1.807) is 0 Å². The van der Waals surface area contributed by atoms with E-state index >= 15 is 0 Å². The molecule has 1 aromatic carbocycles. The van der Waals surface area contributed by atoms with Gasteiger partial charge in [-0.2, -0.15) is 0 Å². The van der Waals surface area contributed by atoms with Crippen LogP contribution in [0.4, 0.5) is 0 Å². The fourth-order valence-electron chi connectivity index (χ4n) is 1.47. The number of halogens is 2. The van der Waals surface area contributed by atoms with Crippen LogP contribution in [0, 0.1) is 0 Å². The monoisotopic (exact) mass is 298 g/mol. The van der Waals surface area contributed by atoms with Crippen LogP contribution in [0.15, 0.2) is 41.1 Å². The summed E-state index contributed by atoms with van der Waals surface area (Å²) < 4.78 is 1.01. The van der Waals surface area contributed by atoms with Crippen LogP contribution in [0.1, 0.15) is 11.1 Å². The highest BCUT2D eigenvalue weighted by Gasteiger charge is 2.00. The number of aromatic nitrogens is 1. The molecule has 1 aromatic heterocycles. The number of H-pyrrole nitrogens is 1. The Morgan fingerprint density at radius 2 is 2.12 bits per heavy atom. The van der Waals surface area contributed by atoms with Crippen LogP contribution in [0.2, 0.25) is 5.02 Å². The van der Waals surface area contributed by atoms with E-state index in [-0.39, 0.29) is 0 Å². The molecular formula is C12H12BrClN2. The van der Waals surface area contributed by atoms with E-state index in [4.69, 9.17) is 11.6 Å². The Bertz CT molecular complexity index is 454. The Kier molecular flexibility index (Phi) is 4.04. The zero-order chi connectivity index (χ0) is 11.4. The summed E-state index contributed by atoms with van der Waals surface area (Å²) in [5.74, 6) is 0. The third-order valence-corrected chi connectivity index (χ3v) is 3.17. The Balaban J connectivity index is 1.90. The Morgan fingerprint density at radius 3 is 2.81 bits per heavy atom. The molecule has 0 spiro atoms. The molecule has 0 saturated carbocycles. The van der Waals surface area contributed by atoms with Gasteiger partial charge < -0.3 is 10.3 Å². The van der Waals surface area contributed by atoms with E-state index in [1.165, 1.54) is 5.56 Å². The molecule has 0 aliphatic carbocycles. The van der Waals surface area contributed by atoms with E-state index in [0.717, 1.165) is 28.1 Å². The van der Waals surface area contributed by atoms with Crippen molar-refractivity contribution >= 4 is 27.5 Å². The predicted octanol–water partition coefficient (Wildman–Crippen LogP) is 3.72. The maximum atomic E-state index is 6.11. The molecule has 84 valence electrons. The molecule has 16 heavy (non-hydrogen) atoms. The average molecular weight is 300 g/mol. The van der Waals surface area contributed by atoms with Crippen LogP contribution in [0.5, 0.6) is 0 Å². The average Bonchev–Trinajstić information content (AvgIpc) is 2.74. The van der Waals surface area contributed by atoms with E-state index in [0.29, 0.717) is 0 Å². The molecule has 0 atom stereocenters. The van der Waals surface area contributed by atoms with Crippen LogP contribution in [-0.2, 0) is 13.1 Å². The lowest BCUT2D eigenvalue weighted by molar-refractivity contribution is 0.694. The number of nitrogens with one attached hydrogen (secondary N) is 2. The van der Waals surface area contributed by atoms with Gasteiger partial charge in [-0.1, -0.05) is 33.6 Å². The summed E-state index contributed by atoms with van der Waals surface area (Å²) in [7, 11) is 0. The molecule has 0 fully saturated rings. The summed E-state index contributed by atoms with van der Waals surface area (Å²) in [6.45, 7) is 1.62. The van der Waals surface area contributed by atoms with Crippen molar-refractivity contribution in [3.63, 3.8) is 0 Å². The molecule has 2 rings (SSSR count). The molecule has 2 nitrogen and oxygen atoms in total. The maximum Gasteiger partial charge on any atom is 0.0462 e. The predicted molar refractivity (Wildman–Crippen MR) is 70.5 cm³/mol. The summed E-state index contributed by atoms with van der Waals surface area (Å²) in [6.07, 6.45) is 3.90. The van der Waals surface area contributed by atoms with Crippen LogP contribution in [0.25, 0.3) is 0 Å². The molecule has 2 N–H and O–H groups in total. The normalized spacial score (nSPS) is 10.6. The Hall–Kier alpha value is -0.770. The van der Waals surface area contributed by atoms with Gasteiger partial charge >= 0.3 is 0 Å². The number of hydrogen-bond acceptors (Lipinski definition) is 1. The zero-order valence-electron chi connectivity index (χ0n) is 8.63. The smallest absolute Gasteiger partial charge is 0.0462 e. The van der Waals surface area contributed by atoms with Gasteiger partial charge in [0, 0.05) is 35.0 Å². The van der Waals surface area contributed by atoms with Crippen molar-refractivity contribution < 1.29 is 0 Å². The van der Waals surface area contributed by atoms with Crippen LogP contribution < -0.4 is 5.32 Å². The Labute approximate surface area is 108 Å². The second-order valence-corrected chi connectivity index (χ2v) is 4.88. The van der Waals surface area contributed by atoms with Gasteiger partial charge in [0.2, 0.25) is 0 Å². The van der Waals surface area contributed by atoms with Gasteiger partial charge in [0.15, 0.2) is 0 Å². The minimum absolute atomic E-state index is 0.775. The number of rotatable bonds is 4. The van der Waals surface area contributed by atoms with Gasteiger partial charge in [0.05, 0.1) is 0 Å². The van der Waals surface area contributed by atoms with Crippen LogP contribution >= 0.6 is 27.5 Å². The van der Waals surface area contributed by atoms with Crippen molar-refractivity contribution in [2.24, 2.45) is 0 Å². The first-order chi connectivity index (χ1) is 7.75. The summed E-state index contributed by atoms with van der Waals surface area (Å²) in [4.78, 5) is 3.02. The van der Waals surface area contributed by atoms with Crippen molar-refractivity contribution in [3.05, 3.63) is 57.3 Å². The van der Waals surface area contributed by atoms with E-state index in [2.05, 4.69) is 32.3 Å². The van der Waals surface area contributed by atoms with Gasteiger partial charge in [-0.15, -0.1) is 0 Å². The van der Waals surface area contributed by atoms with Gasteiger partial charge in [0.1, 0.15) is 0 Å². The van der Waals surface area contributed by atoms with Crippen molar-refractivity contribution in [2.75, 3.05) is 0 Å². The van der Waals surface area contributed by atoms with Crippen LogP contribution in [0.3, 0.4) is 0 Å². The first-order valence-corrected chi connectivity index (χ1v) is 6.19. The molecule has 0 bridgehead atoms. The lowest BCUT2D eigenvalue weighted by Crippen LogP contribution is -2.12. The van der Waals surface area contributed by atoms with E-state index in [1.807, 2.05) is 30.6 Å². The topological polar surface area (TPSA) is 27.8 Å². The molecule has 0 amide bonds. The first kappa shape index (κ1) is 11.7. The van der Waals surface area contributed by atoms with Crippen molar-refractivity contribution in [1.29, 1.82) is 0 Å². The molecular weight excluding hydrogens is 288 g/mol. The summed E-state index contributed by atoms with van der Waals surface area (Å²) in [5.41, 5.74) is 2.36. The third kappa shape index (κ3) is 3.11. The first-order valence-electron chi connectivity index (χ1n) is 5.02. The Morgan fingerprint density at radius 1 is 1.25 bits per heavy atom. The number of benzene rings is 1. The molecule has 0 aliphatic rings. The molecule has 0 unspecified atom stereocenters. The lowest BCUT2D eigenvalue weighted by Gasteiger charge is -2.06. The van der Waals surface area contributed by atoms with Gasteiger partial charge in [-0.05, 0) is 29.3 Å². The van der Waals surface area contributed by atoms with Gasteiger partial charge in [0.25, 0.3) is 0 Å². The second kappa shape index (κ2) is 5.53. The fourth-order valence-corrected chi connectivity index (χ4v) is 2.22. The minimum atomic E-state index is 0.775. The largest absolute Gasteiger partial charge is 0.367 e. The van der Waals surface area contributed by atoms with Gasteiger partial charge in [-0.25, -0.2) is 0 Å². The van der Waals surface area contributed by atoms with Gasteiger partial charge in [-0.3, -0.25) is 0 Å². The highest BCUT2D eigenvalue weighted by molar-refractivity contribution is 9.10. The summed E-state index contributed by atoms with van der Waals surface area (Å²) >= 11 is 9.50. The van der Waals surface area contributed by atoms with Crippen molar-refractivity contribution in [2.45, 2.75) is 13.1 Å². The van der Waals surface area contributed by atoms with E-state index < -0.39 is 0 Å². The maximum absolute atomic E-state index is 6.11. The van der Waals surface area contributed by atoms with Crippen molar-refractivity contribution in [1.82, 2.24) is 10.3 Å². The fraction of sp³-hybridized carbons (Fsp3) is 0.167. The molecule has 1 heterocycles. The van der Waals surface area contributed by atoms with Crippen molar-refractivity contribution in [3.8, 4) is 0 Å². The lowest BCUT2D eigenvalue weighted by atomic mass is 10.2. The third-order valence-electron chi connectivity index (χ3n) is 2.32. The second-order valence-electron chi connectivity index (χ2n) is 3.56. The molecule has 0 saturated heterocycles. The number of aromatic amines is 1. The summed E-state index contributed by atoms with van der Waals surface area (Å²) in [6, 6.07) is 7.99. The summed E-state index contributed by atoms with van der Waals surface area (Å²) in [5, 5.41) is 4.13. The molecule has 4 heteroatoms.